The molecular weight excluding hydrogens is 813 g/mol. The van der Waals surface area contributed by atoms with Gasteiger partial charge in [0.1, 0.15) is 0 Å². The number of aromatic nitrogens is 3. The smallest absolute Gasteiger partial charge is 0.164 e. The number of hydrogen-bond donors (Lipinski definition) is 0. The van der Waals surface area contributed by atoms with Gasteiger partial charge < -0.3 is 4.90 Å². The van der Waals surface area contributed by atoms with E-state index in [1.54, 1.807) is 0 Å². The highest BCUT2D eigenvalue weighted by Crippen LogP contribution is 2.44. The maximum absolute atomic E-state index is 5.30. The minimum absolute atomic E-state index is 0.626. The Morgan fingerprint density at radius 1 is 0.224 bits per heavy atom. The summed E-state index contributed by atoms with van der Waals surface area (Å²) >= 11 is 0. The highest BCUT2D eigenvalue weighted by molar-refractivity contribution is 6.28. The molecule has 314 valence electrons. The monoisotopic (exact) mass is 854 g/mol. The Kier molecular flexibility index (Phi) is 10.2. The maximum atomic E-state index is 5.30. The van der Waals surface area contributed by atoms with Crippen LogP contribution in [0.2, 0.25) is 0 Å². The highest BCUT2D eigenvalue weighted by atomic mass is 15.1. The number of benzene rings is 11. The molecule has 0 unspecified atom stereocenters. The van der Waals surface area contributed by atoms with Crippen LogP contribution in [0.15, 0.2) is 255 Å². The van der Waals surface area contributed by atoms with Gasteiger partial charge in [0.05, 0.1) is 0 Å². The van der Waals surface area contributed by atoms with Gasteiger partial charge in [0.15, 0.2) is 17.5 Å². The molecule has 1 aromatic heterocycles. The van der Waals surface area contributed by atoms with Crippen molar-refractivity contribution >= 4 is 49.4 Å². The topological polar surface area (TPSA) is 41.9 Å². The van der Waals surface area contributed by atoms with Crippen LogP contribution in [-0.4, -0.2) is 15.0 Å². The molecule has 0 atom stereocenters. The minimum atomic E-state index is 0.626. The van der Waals surface area contributed by atoms with Gasteiger partial charge >= 0.3 is 0 Å². The molecule has 0 aliphatic carbocycles. The summed E-state index contributed by atoms with van der Waals surface area (Å²) < 4.78 is 0. The van der Waals surface area contributed by atoms with E-state index in [0.717, 1.165) is 61.0 Å². The number of fused-ring (bicyclic) bond motifs is 6. The first-order valence-electron chi connectivity index (χ1n) is 22.7. The third kappa shape index (κ3) is 7.57. The number of nitrogens with zero attached hydrogens (tertiary/aromatic N) is 4. The van der Waals surface area contributed by atoms with Crippen LogP contribution < -0.4 is 4.90 Å². The predicted octanol–water partition coefficient (Wildman–Crippen LogP) is 16.8. The van der Waals surface area contributed by atoms with Gasteiger partial charge in [-0.15, -0.1) is 0 Å². The summed E-state index contributed by atoms with van der Waals surface area (Å²) in [5.74, 6) is 1.89. The molecule has 0 fully saturated rings. The van der Waals surface area contributed by atoms with Crippen molar-refractivity contribution in [2.75, 3.05) is 4.90 Å². The molecule has 0 saturated carbocycles. The van der Waals surface area contributed by atoms with Crippen molar-refractivity contribution in [2.45, 2.75) is 0 Å². The van der Waals surface area contributed by atoms with Crippen LogP contribution in [0.4, 0.5) is 17.1 Å². The molecule has 12 rings (SSSR count). The molecule has 11 aromatic carbocycles. The zero-order valence-corrected chi connectivity index (χ0v) is 36.5. The van der Waals surface area contributed by atoms with Gasteiger partial charge in [0, 0.05) is 39.1 Å². The minimum Gasteiger partial charge on any atom is -0.311 e. The Morgan fingerprint density at radius 2 is 0.537 bits per heavy atom. The summed E-state index contributed by atoms with van der Waals surface area (Å²) in [5.41, 5.74) is 12.9. The van der Waals surface area contributed by atoms with E-state index in [9.17, 15) is 0 Å². The molecule has 0 radical (unpaired) electrons. The van der Waals surface area contributed by atoms with Crippen molar-refractivity contribution < 1.29 is 0 Å². The Bertz CT molecular complexity index is 3550. The van der Waals surface area contributed by atoms with Crippen molar-refractivity contribution in [3.05, 3.63) is 255 Å². The van der Waals surface area contributed by atoms with Gasteiger partial charge in [-0.2, -0.15) is 0 Å². The van der Waals surface area contributed by atoms with Crippen molar-refractivity contribution in [3.63, 3.8) is 0 Å². The third-order valence-electron chi connectivity index (χ3n) is 12.7. The molecule has 4 nitrogen and oxygen atoms in total. The lowest BCUT2D eigenvalue weighted by Crippen LogP contribution is -2.09. The van der Waals surface area contributed by atoms with Crippen LogP contribution >= 0.6 is 0 Å². The lowest BCUT2D eigenvalue weighted by atomic mass is 9.88. The van der Waals surface area contributed by atoms with E-state index in [2.05, 4.69) is 223 Å². The Labute approximate surface area is 389 Å². The number of rotatable bonds is 9. The molecule has 0 spiro atoms. The van der Waals surface area contributed by atoms with E-state index < -0.39 is 0 Å². The van der Waals surface area contributed by atoms with Crippen molar-refractivity contribution in [2.24, 2.45) is 0 Å². The summed E-state index contributed by atoms with van der Waals surface area (Å²) in [6.07, 6.45) is 0. The fourth-order valence-corrected chi connectivity index (χ4v) is 9.42. The standard InChI is InChI=1S/C63H42N4/c1-5-17-43(18-6-1)45-29-35-51(36-30-45)67(52-37-31-46(32-38-52)44-19-7-2-8-20-44)53-39-33-47(34-40-53)50-41-58-56-27-14-13-25-54(56)55-26-15-16-28-57(55)60(58)59(42-50)63-65-61(48-21-9-3-10-22-48)64-62(66-63)49-23-11-4-12-24-49/h1-42H. The predicted molar refractivity (Wildman–Crippen MR) is 280 cm³/mol. The van der Waals surface area contributed by atoms with Crippen LogP contribution in [0.5, 0.6) is 0 Å². The summed E-state index contributed by atoms with van der Waals surface area (Å²) in [7, 11) is 0. The highest BCUT2D eigenvalue weighted by Gasteiger charge is 2.20. The van der Waals surface area contributed by atoms with Gasteiger partial charge in [-0.05, 0) is 109 Å². The zero-order valence-electron chi connectivity index (χ0n) is 36.5. The van der Waals surface area contributed by atoms with E-state index in [-0.39, 0.29) is 0 Å². The van der Waals surface area contributed by atoms with Crippen LogP contribution in [0.3, 0.4) is 0 Å². The normalized spacial score (nSPS) is 11.3. The van der Waals surface area contributed by atoms with Gasteiger partial charge in [0.2, 0.25) is 0 Å². The molecule has 4 heteroatoms. The van der Waals surface area contributed by atoms with Crippen LogP contribution in [0.1, 0.15) is 0 Å². The average molecular weight is 855 g/mol. The molecule has 1 heterocycles. The summed E-state index contributed by atoms with van der Waals surface area (Å²) in [6, 6.07) is 90.2. The summed E-state index contributed by atoms with van der Waals surface area (Å²) in [5, 5.41) is 7.00. The van der Waals surface area contributed by atoms with Crippen LogP contribution in [0.25, 0.3) is 99.9 Å². The largest absolute Gasteiger partial charge is 0.311 e. The maximum Gasteiger partial charge on any atom is 0.164 e. The first kappa shape index (κ1) is 39.6. The van der Waals surface area contributed by atoms with E-state index >= 15 is 0 Å². The van der Waals surface area contributed by atoms with Gasteiger partial charge in [0.25, 0.3) is 0 Å². The van der Waals surface area contributed by atoms with E-state index in [1.165, 1.54) is 38.4 Å². The summed E-state index contributed by atoms with van der Waals surface area (Å²) in [4.78, 5) is 18.0. The van der Waals surface area contributed by atoms with Crippen LogP contribution in [-0.2, 0) is 0 Å². The van der Waals surface area contributed by atoms with Gasteiger partial charge in [-0.1, -0.05) is 206 Å². The average Bonchev–Trinajstić information content (AvgIpc) is 3.42. The van der Waals surface area contributed by atoms with Crippen LogP contribution in [0, 0.1) is 0 Å². The van der Waals surface area contributed by atoms with E-state index in [4.69, 9.17) is 15.0 Å². The molecular formula is C63H42N4. The first-order chi connectivity index (χ1) is 33.2. The number of hydrogen-bond acceptors (Lipinski definition) is 4. The Hall–Kier alpha value is -8.99. The second kappa shape index (κ2) is 17.2. The second-order valence-corrected chi connectivity index (χ2v) is 16.8. The molecule has 67 heavy (non-hydrogen) atoms. The van der Waals surface area contributed by atoms with Gasteiger partial charge in [-0.3, -0.25) is 0 Å². The molecule has 0 aliphatic rings. The molecule has 0 N–H and O–H groups in total. The van der Waals surface area contributed by atoms with E-state index in [1.807, 2.05) is 36.4 Å². The van der Waals surface area contributed by atoms with Crippen molar-refractivity contribution in [1.29, 1.82) is 0 Å². The fraction of sp³-hybridized carbons (Fsp3) is 0. The molecule has 0 saturated heterocycles. The number of anilines is 3. The lowest BCUT2D eigenvalue weighted by molar-refractivity contribution is 1.08. The molecule has 0 aliphatic heterocycles. The Balaban J connectivity index is 1.04. The quantitative estimate of drug-likeness (QED) is 0.136. The van der Waals surface area contributed by atoms with E-state index in [0.29, 0.717) is 17.5 Å². The second-order valence-electron chi connectivity index (χ2n) is 16.8. The molecule has 0 amide bonds. The van der Waals surface area contributed by atoms with Gasteiger partial charge in [-0.25, -0.2) is 15.0 Å². The third-order valence-corrected chi connectivity index (χ3v) is 12.7. The SMILES string of the molecule is c1ccc(-c2ccc(N(c3ccc(-c4ccccc4)cc3)c3ccc(-c4cc(-c5nc(-c6ccccc6)nc(-c6ccccc6)n5)c5c6ccccc6c6ccccc6c5c4)cc3)cc2)cc1. The first-order valence-corrected chi connectivity index (χ1v) is 22.7. The molecule has 0 bridgehead atoms. The molecule has 12 aromatic rings. The Morgan fingerprint density at radius 3 is 0.970 bits per heavy atom. The fourth-order valence-electron chi connectivity index (χ4n) is 9.42. The zero-order chi connectivity index (χ0) is 44.5. The van der Waals surface area contributed by atoms with Crippen molar-refractivity contribution in [3.8, 4) is 67.5 Å². The lowest BCUT2D eigenvalue weighted by Gasteiger charge is -2.26. The van der Waals surface area contributed by atoms with Crippen molar-refractivity contribution in [1.82, 2.24) is 15.0 Å². The summed E-state index contributed by atoms with van der Waals surface area (Å²) in [6.45, 7) is 0.